The molecular weight excluding hydrogens is 464 g/mol. The third kappa shape index (κ3) is 2.79. The molecule has 0 spiro atoms. The van der Waals surface area contributed by atoms with Crippen LogP contribution in [-0.4, -0.2) is 66.5 Å². The maximum absolute atomic E-state index is 13.4. The average Bonchev–Trinajstić information content (AvgIpc) is 3.55. The molecule has 0 saturated heterocycles. The van der Waals surface area contributed by atoms with Crippen molar-refractivity contribution in [1.29, 1.82) is 0 Å². The Hall–Kier alpha value is -3.39. The first-order valence-electron chi connectivity index (χ1n) is 13.1. The first-order valence-corrected chi connectivity index (χ1v) is 13.1. The van der Waals surface area contributed by atoms with E-state index in [0.717, 1.165) is 72.3 Å². The lowest BCUT2D eigenvalue weighted by Gasteiger charge is -2.44. The number of benzene rings is 3. The minimum absolute atomic E-state index is 0.0120. The van der Waals surface area contributed by atoms with Gasteiger partial charge >= 0.3 is 0 Å². The van der Waals surface area contributed by atoms with Gasteiger partial charge < -0.3 is 28.4 Å². The van der Waals surface area contributed by atoms with Gasteiger partial charge in [-0.2, -0.15) is 0 Å². The number of quaternary nitrogens is 1. The van der Waals surface area contributed by atoms with E-state index in [-0.39, 0.29) is 24.3 Å². The van der Waals surface area contributed by atoms with Crippen LogP contribution in [0.15, 0.2) is 48.5 Å². The molecule has 0 fully saturated rings. The van der Waals surface area contributed by atoms with Gasteiger partial charge in [0.1, 0.15) is 6.04 Å². The summed E-state index contributed by atoms with van der Waals surface area (Å²) in [5.41, 5.74) is 6.38. The number of hydrogen-bond donors (Lipinski definition) is 1. The first kappa shape index (κ1) is 22.8. The lowest BCUT2D eigenvalue weighted by molar-refractivity contribution is -0.918. The molecule has 7 heteroatoms. The second-order valence-electron chi connectivity index (χ2n) is 11.0. The zero-order valence-corrected chi connectivity index (χ0v) is 22.0. The number of nitrogens with zero attached hydrogens (tertiary/aromatic N) is 3. The molecule has 7 rings (SSSR count). The highest BCUT2D eigenvalue weighted by Gasteiger charge is 2.45. The molecule has 2 aromatic heterocycles. The Morgan fingerprint density at radius 3 is 2.30 bits per heavy atom. The summed E-state index contributed by atoms with van der Waals surface area (Å²) in [6, 6.07) is 17.1. The summed E-state index contributed by atoms with van der Waals surface area (Å²) in [6.07, 6.45) is -0.532. The predicted octanol–water partition coefficient (Wildman–Crippen LogP) is 4.78. The number of methoxy groups -OCH3 is 2. The summed E-state index contributed by atoms with van der Waals surface area (Å²) in [4.78, 5) is 13.4. The number of fused-ring (bicyclic) bond motifs is 9. The molecule has 3 atom stereocenters. The number of para-hydroxylation sites is 2. The average molecular weight is 498 g/mol. The Bertz CT molecular complexity index is 1740. The Labute approximate surface area is 215 Å². The molecule has 37 heavy (non-hydrogen) atoms. The summed E-state index contributed by atoms with van der Waals surface area (Å²) < 4.78 is 18.3. The van der Waals surface area contributed by atoms with E-state index in [4.69, 9.17) is 9.47 Å². The molecule has 0 aliphatic carbocycles. The number of rotatable bonds is 4. The normalized spacial score (nSPS) is 21.8. The molecular formula is C30H33N4O3+. The molecule has 3 unspecified atom stereocenters. The van der Waals surface area contributed by atoms with Crippen molar-refractivity contribution in [3.05, 3.63) is 59.7 Å². The smallest absolute Gasteiger partial charge is 0.252 e. The minimum atomic E-state index is -0.334. The van der Waals surface area contributed by atoms with Crippen molar-refractivity contribution in [2.75, 3.05) is 34.9 Å². The maximum Gasteiger partial charge on any atom is 0.252 e. The number of carbonyl (C=O) groups is 1. The second kappa shape index (κ2) is 7.81. The van der Waals surface area contributed by atoms with Gasteiger partial charge in [-0.1, -0.05) is 36.4 Å². The summed E-state index contributed by atoms with van der Waals surface area (Å²) >= 11 is 0. The van der Waals surface area contributed by atoms with E-state index in [1.807, 2.05) is 0 Å². The molecule has 1 amide bonds. The minimum Gasteiger partial charge on any atom is -0.370 e. The van der Waals surface area contributed by atoms with Gasteiger partial charge in [0.2, 0.25) is 0 Å². The largest absolute Gasteiger partial charge is 0.370 e. The highest BCUT2D eigenvalue weighted by Crippen LogP contribution is 2.48. The van der Waals surface area contributed by atoms with E-state index in [9.17, 15) is 4.79 Å². The summed E-state index contributed by atoms with van der Waals surface area (Å²) in [5, 5.41) is 7.59. The number of amides is 1. The van der Waals surface area contributed by atoms with Crippen molar-refractivity contribution in [2.45, 2.75) is 38.4 Å². The van der Waals surface area contributed by atoms with Crippen LogP contribution in [0.5, 0.6) is 0 Å². The molecule has 0 saturated carbocycles. The summed E-state index contributed by atoms with van der Waals surface area (Å²) in [5.74, 6) is 0.0120. The highest BCUT2D eigenvalue weighted by atomic mass is 16.5. The van der Waals surface area contributed by atoms with Crippen LogP contribution in [-0.2, 0) is 22.6 Å². The van der Waals surface area contributed by atoms with Crippen LogP contribution in [0.1, 0.15) is 29.1 Å². The fourth-order valence-electron chi connectivity index (χ4n) is 7.01. The van der Waals surface area contributed by atoms with Gasteiger partial charge in [-0.25, -0.2) is 0 Å². The Morgan fingerprint density at radius 1 is 0.946 bits per heavy atom. The fraction of sp³-hybridized carbons (Fsp3) is 0.367. The van der Waals surface area contributed by atoms with Gasteiger partial charge in [0.05, 0.1) is 49.3 Å². The van der Waals surface area contributed by atoms with Crippen LogP contribution in [0.3, 0.4) is 0 Å². The molecule has 5 aromatic rings. The number of ether oxygens (including phenoxy) is 2. The number of aromatic nitrogens is 2. The monoisotopic (exact) mass is 497 g/mol. The summed E-state index contributed by atoms with van der Waals surface area (Å²) in [7, 11) is 8.13. The number of carbonyl (C=O) groups excluding carboxylic acids is 1. The Morgan fingerprint density at radius 2 is 1.62 bits per heavy atom. The van der Waals surface area contributed by atoms with Crippen molar-refractivity contribution >= 4 is 49.5 Å². The third-order valence-electron chi connectivity index (χ3n) is 9.12. The van der Waals surface area contributed by atoms with E-state index < -0.39 is 0 Å². The van der Waals surface area contributed by atoms with Crippen LogP contribution in [0.25, 0.3) is 43.6 Å². The predicted molar refractivity (Wildman–Crippen MR) is 147 cm³/mol. The van der Waals surface area contributed by atoms with E-state index in [1.54, 1.807) is 14.2 Å². The second-order valence-corrected chi connectivity index (χ2v) is 11.0. The number of likely N-dealkylation sites (N-methyl/N-ethyl adjacent to an activating group) is 1. The SMILES string of the molecule is CC[N+](C)(C)C1Cn2c3ccccc3c3c4c(c5c6ccccc6n(c5c32)C(OC)C1OC)CNC4=O. The molecule has 2 aliphatic rings. The quantitative estimate of drug-likeness (QED) is 0.364. The standard InChI is InChI=1S/C30H32N4O3/c1-6-34(2,3)22-16-32-20-13-9-7-11-17(20)24-25-19(15-31-29(25)35)23-18-12-8-10-14-21(18)33(27(23)26(24)32)30(37-5)28(22)36-4/h7-14,22,28,30H,6,15-16H2,1-5H3/p+1. The molecule has 0 radical (unpaired) electrons. The van der Waals surface area contributed by atoms with Gasteiger partial charge in [-0.15, -0.1) is 0 Å². The molecule has 0 bridgehead atoms. The summed E-state index contributed by atoms with van der Waals surface area (Å²) in [6.45, 7) is 4.46. The van der Waals surface area contributed by atoms with E-state index in [2.05, 4.69) is 84.0 Å². The Balaban J connectivity index is 1.79. The van der Waals surface area contributed by atoms with Gasteiger partial charge in [-0.3, -0.25) is 4.79 Å². The van der Waals surface area contributed by atoms with Crippen molar-refractivity contribution in [2.24, 2.45) is 0 Å². The van der Waals surface area contributed by atoms with Crippen molar-refractivity contribution in [1.82, 2.24) is 14.5 Å². The molecule has 3 aromatic carbocycles. The molecule has 7 nitrogen and oxygen atoms in total. The van der Waals surface area contributed by atoms with Gasteiger partial charge in [0.15, 0.2) is 12.3 Å². The van der Waals surface area contributed by atoms with Crippen molar-refractivity contribution in [3.63, 3.8) is 0 Å². The van der Waals surface area contributed by atoms with Crippen LogP contribution in [0.4, 0.5) is 0 Å². The van der Waals surface area contributed by atoms with Crippen LogP contribution < -0.4 is 5.32 Å². The van der Waals surface area contributed by atoms with E-state index >= 15 is 0 Å². The van der Waals surface area contributed by atoms with E-state index in [1.165, 1.54) is 0 Å². The number of hydrogen-bond acceptors (Lipinski definition) is 3. The van der Waals surface area contributed by atoms with Crippen molar-refractivity contribution in [3.8, 4) is 0 Å². The fourth-order valence-corrected chi connectivity index (χ4v) is 7.01. The molecule has 1 N–H and O–H groups in total. The van der Waals surface area contributed by atoms with Gasteiger partial charge in [0, 0.05) is 47.8 Å². The number of nitrogens with one attached hydrogen (secondary N) is 1. The van der Waals surface area contributed by atoms with Gasteiger partial charge in [-0.05, 0) is 24.6 Å². The zero-order chi connectivity index (χ0) is 25.6. The molecule has 190 valence electrons. The van der Waals surface area contributed by atoms with Crippen LogP contribution in [0.2, 0.25) is 0 Å². The van der Waals surface area contributed by atoms with Crippen LogP contribution in [0, 0.1) is 0 Å². The molecule has 2 aliphatic heterocycles. The van der Waals surface area contributed by atoms with Crippen molar-refractivity contribution < 1.29 is 18.8 Å². The highest BCUT2D eigenvalue weighted by molar-refractivity contribution is 6.30. The lowest BCUT2D eigenvalue weighted by Crippen LogP contribution is -2.59. The topological polar surface area (TPSA) is 57.4 Å². The third-order valence-corrected chi connectivity index (χ3v) is 9.12. The van der Waals surface area contributed by atoms with Gasteiger partial charge in [0.25, 0.3) is 5.91 Å². The zero-order valence-electron chi connectivity index (χ0n) is 22.0. The maximum atomic E-state index is 13.4. The lowest BCUT2D eigenvalue weighted by atomic mass is 9.96. The first-order chi connectivity index (χ1) is 17.9. The Kier molecular flexibility index (Phi) is 4.81. The van der Waals surface area contributed by atoms with E-state index in [0.29, 0.717) is 6.54 Å². The van der Waals surface area contributed by atoms with Crippen LogP contribution >= 0.6 is 0 Å². The molecule has 4 heterocycles.